The van der Waals surface area contributed by atoms with E-state index in [1.54, 1.807) is 0 Å². The first-order valence-electron chi connectivity index (χ1n) is 9.11. The third-order valence-electron chi connectivity index (χ3n) is 6.21. The number of amides is 1. The number of carbonyl (C=O) groups is 1. The van der Waals surface area contributed by atoms with Gasteiger partial charge in [-0.2, -0.15) is 0 Å². The predicted molar refractivity (Wildman–Crippen MR) is 89.8 cm³/mol. The Hall–Kier alpha value is -0.610. The fraction of sp³-hybridized carbons (Fsp3) is 0.944. The van der Waals surface area contributed by atoms with Crippen LogP contribution in [0.1, 0.15) is 59.8 Å². The molecule has 0 bridgehead atoms. The summed E-state index contributed by atoms with van der Waals surface area (Å²) in [6.45, 7) is 10.5. The Morgan fingerprint density at radius 1 is 1.27 bits per heavy atom. The highest BCUT2D eigenvalue weighted by Crippen LogP contribution is 2.51. The van der Waals surface area contributed by atoms with E-state index in [4.69, 9.17) is 4.74 Å². The Kier molecular flexibility index (Phi) is 5.89. The van der Waals surface area contributed by atoms with Crippen molar-refractivity contribution in [1.29, 1.82) is 0 Å². The van der Waals surface area contributed by atoms with E-state index < -0.39 is 0 Å². The lowest BCUT2D eigenvalue weighted by Gasteiger charge is -2.58. The van der Waals surface area contributed by atoms with E-state index in [0.717, 1.165) is 45.3 Å². The fourth-order valence-corrected chi connectivity index (χ4v) is 4.68. The Balaban J connectivity index is 2.05. The molecule has 1 heterocycles. The van der Waals surface area contributed by atoms with Crippen LogP contribution in [0.15, 0.2) is 0 Å². The zero-order valence-electron chi connectivity index (χ0n) is 15.0. The third-order valence-corrected chi connectivity index (χ3v) is 6.21. The second-order valence-electron chi connectivity index (χ2n) is 7.16. The monoisotopic (exact) mass is 310 g/mol. The van der Waals surface area contributed by atoms with Gasteiger partial charge in [-0.25, -0.2) is 0 Å². The molecular formula is C18H34N2O2. The highest BCUT2D eigenvalue weighted by molar-refractivity contribution is 5.79. The van der Waals surface area contributed by atoms with Gasteiger partial charge in [0.05, 0.1) is 6.10 Å². The van der Waals surface area contributed by atoms with Gasteiger partial charge in [0, 0.05) is 37.1 Å². The molecule has 2 aliphatic rings. The number of rotatable bonds is 6. The van der Waals surface area contributed by atoms with Gasteiger partial charge in [0.2, 0.25) is 5.91 Å². The van der Waals surface area contributed by atoms with Crippen LogP contribution in [0.25, 0.3) is 0 Å². The molecule has 1 saturated heterocycles. The summed E-state index contributed by atoms with van der Waals surface area (Å²) in [5.41, 5.74) is 0.152. The summed E-state index contributed by atoms with van der Waals surface area (Å²) < 4.78 is 5.95. The van der Waals surface area contributed by atoms with Crippen LogP contribution >= 0.6 is 0 Å². The predicted octanol–water partition coefficient (Wildman–Crippen LogP) is 2.82. The van der Waals surface area contributed by atoms with Crippen molar-refractivity contribution < 1.29 is 9.53 Å². The van der Waals surface area contributed by atoms with Crippen molar-refractivity contribution >= 4 is 5.91 Å². The van der Waals surface area contributed by atoms with E-state index >= 15 is 0 Å². The minimum atomic E-state index is 0.152. The average molecular weight is 310 g/mol. The second kappa shape index (κ2) is 7.31. The summed E-state index contributed by atoms with van der Waals surface area (Å²) in [5.74, 6) is 0.540. The maximum atomic E-state index is 12.9. The first-order chi connectivity index (χ1) is 10.5. The lowest BCUT2D eigenvalue weighted by Crippen LogP contribution is -2.65. The van der Waals surface area contributed by atoms with E-state index in [-0.39, 0.29) is 11.3 Å². The first kappa shape index (κ1) is 17.7. The number of piperidine rings is 1. The molecule has 1 amide bonds. The van der Waals surface area contributed by atoms with E-state index in [2.05, 4.69) is 37.9 Å². The number of hydrogen-bond acceptors (Lipinski definition) is 3. The average Bonchev–Trinajstić information content (AvgIpc) is 2.51. The smallest absolute Gasteiger partial charge is 0.225 e. The van der Waals surface area contributed by atoms with Crippen LogP contribution < -0.4 is 5.32 Å². The van der Waals surface area contributed by atoms with Gasteiger partial charge < -0.3 is 15.0 Å². The molecule has 0 aromatic rings. The van der Waals surface area contributed by atoms with Crippen LogP contribution in [0.5, 0.6) is 0 Å². The molecule has 0 radical (unpaired) electrons. The van der Waals surface area contributed by atoms with Crippen molar-refractivity contribution in [2.75, 3.05) is 20.2 Å². The molecule has 1 aliphatic heterocycles. The third kappa shape index (κ3) is 3.05. The van der Waals surface area contributed by atoms with Crippen molar-refractivity contribution in [3.63, 3.8) is 0 Å². The quantitative estimate of drug-likeness (QED) is 0.820. The van der Waals surface area contributed by atoms with E-state index in [9.17, 15) is 4.79 Å². The van der Waals surface area contributed by atoms with Crippen LogP contribution in [-0.4, -0.2) is 49.2 Å². The topological polar surface area (TPSA) is 41.6 Å². The molecule has 1 aliphatic carbocycles. The molecule has 1 saturated carbocycles. The largest absolute Gasteiger partial charge is 0.378 e. The first-order valence-corrected chi connectivity index (χ1v) is 9.11. The number of carbonyl (C=O) groups excluding carboxylic acids is 1. The van der Waals surface area contributed by atoms with E-state index in [1.807, 2.05) is 7.05 Å². The number of nitrogens with zero attached hydrogens (tertiary/aromatic N) is 1. The number of hydrogen-bond donors (Lipinski definition) is 1. The van der Waals surface area contributed by atoms with Crippen molar-refractivity contribution in [3.8, 4) is 0 Å². The Morgan fingerprint density at radius 2 is 1.95 bits per heavy atom. The van der Waals surface area contributed by atoms with Gasteiger partial charge in [-0.1, -0.05) is 13.8 Å². The molecule has 128 valence electrons. The summed E-state index contributed by atoms with van der Waals surface area (Å²) in [6, 6.07) is 0.799. The van der Waals surface area contributed by atoms with Crippen molar-refractivity contribution in [3.05, 3.63) is 0 Å². The molecule has 2 fully saturated rings. The fourth-order valence-electron chi connectivity index (χ4n) is 4.68. The van der Waals surface area contributed by atoms with Crippen LogP contribution in [0, 0.1) is 11.3 Å². The normalized spacial score (nSPS) is 34.0. The highest BCUT2D eigenvalue weighted by atomic mass is 16.5. The summed E-state index contributed by atoms with van der Waals surface area (Å²) in [4.78, 5) is 15.0. The van der Waals surface area contributed by atoms with Gasteiger partial charge in [0.1, 0.15) is 0 Å². The highest BCUT2D eigenvalue weighted by Gasteiger charge is 2.56. The molecule has 1 N–H and O–H groups in total. The maximum absolute atomic E-state index is 12.9. The molecule has 4 heteroatoms. The molecule has 0 spiro atoms. The summed E-state index contributed by atoms with van der Waals surface area (Å²) in [5, 5.41) is 3.43. The van der Waals surface area contributed by atoms with Crippen molar-refractivity contribution in [2.45, 2.75) is 78.0 Å². The van der Waals surface area contributed by atoms with Gasteiger partial charge in [0.15, 0.2) is 0 Å². The molecule has 2 rings (SSSR count). The Bertz CT molecular complexity index is 381. The van der Waals surface area contributed by atoms with Crippen LogP contribution in [0.3, 0.4) is 0 Å². The lowest BCUT2D eigenvalue weighted by atomic mass is 9.58. The number of ether oxygens (including phenoxy) is 1. The SMILES string of the molecule is CCOC1CC(N(C)C(=O)[C@H]2CCN[C@@H](C)C2)C1(CC)CC. The van der Waals surface area contributed by atoms with Gasteiger partial charge in [-0.3, -0.25) is 4.79 Å². The molecular weight excluding hydrogens is 276 g/mol. The molecule has 0 aromatic heterocycles. The van der Waals surface area contributed by atoms with Crippen molar-refractivity contribution in [2.24, 2.45) is 11.3 Å². The Morgan fingerprint density at radius 3 is 2.50 bits per heavy atom. The van der Waals surface area contributed by atoms with Crippen LogP contribution in [0.2, 0.25) is 0 Å². The van der Waals surface area contributed by atoms with E-state index in [0.29, 0.717) is 24.1 Å². The standard InChI is InChI=1S/C18H34N2O2/c1-6-18(7-2)15(12-16(18)22-8-3)20(5)17(21)14-9-10-19-13(4)11-14/h13-16,19H,6-12H2,1-5H3/t13-,14-,15?,16?/m0/s1. The lowest BCUT2D eigenvalue weighted by molar-refractivity contribution is -0.179. The zero-order valence-corrected chi connectivity index (χ0v) is 15.0. The molecule has 0 aromatic carbocycles. The van der Waals surface area contributed by atoms with E-state index in [1.165, 1.54) is 0 Å². The molecule has 2 unspecified atom stereocenters. The van der Waals surface area contributed by atoms with Gasteiger partial charge >= 0.3 is 0 Å². The number of nitrogens with one attached hydrogen (secondary N) is 1. The minimum Gasteiger partial charge on any atom is -0.378 e. The van der Waals surface area contributed by atoms with Gasteiger partial charge in [0.25, 0.3) is 0 Å². The zero-order chi connectivity index (χ0) is 16.3. The molecule has 4 atom stereocenters. The van der Waals surface area contributed by atoms with Crippen LogP contribution in [0.4, 0.5) is 0 Å². The summed E-state index contributed by atoms with van der Waals surface area (Å²) in [6.07, 6.45) is 5.42. The maximum Gasteiger partial charge on any atom is 0.225 e. The summed E-state index contributed by atoms with van der Waals surface area (Å²) >= 11 is 0. The Labute approximate surface area is 136 Å². The molecule has 22 heavy (non-hydrogen) atoms. The van der Waals surface area contributed by atoms with Crippen LogP contribution in [-0.2, 0) is 9.53 Å². The van der Waals surface area contributed by atoms with Gasteiger partial charge in [-0.15, -0.1) is 0 Å². The second-order valence-corrected chi connectivity index (χ2v) is 7.16. The van der Waals surface area contributed by atoms with Crippen molar-refractivity contribution in [1.82, 2.24) is 10.2 Å². The molecule has 4 nitrogen and oxygen atoms in total. The minimum absolute atomic E-state index is 0.152. The van der Waals surface area contributed by atoms with Gasteiger partial charge in [-0.05, 0) is 52.5 Å². The summed E-state index contributed by atoms with van der Waals surface area (Å²) in [7, 11) is 2.02.